The molecule has 1 N–H and O–H groups in total. The minimum atomic E-state index is -0.0943. The first-order valence-corrected chi connectivity index (χ1v) is 9.39. The molecular formula is C21H25N3O3. The highest BCUT2D eigenvalue weighted by Gasteiger charge is 2.20. The van der Waals surface area contributed by atoms with Gasteiger partial charge in [-0.1, -0.05) is 18.2 Å². The van der Waals surface area contributed by atoms with Crippen LogP contribution < -0.4 is 19.7 Å². The summed E-state index contributed by atoms with van der Waals surface area (Å²) in [6.07, 6.45) is 0.971. The summed E-state index contributed by atoms with van der Waals surface area (Å²) in [7, 11) is 1.73. The van der Waals surface area contributed by atoms with E-state index in [0.29, 0.717) is 0 Å². The number of carbonyl (C=O) groups is 1. The second-order valence-corrected chi connectivity index (χ2v) is 6.92. The quantitative estimate of drug-likeness (QED) is 0.879. The Kier molecular flexibility index (Phi) is 5.16. The number of hydrogen-bond donors (Lipinski definition) is 1. The lowest BCUT2D eigenvalue weighted by Gasteiger charge is -2.36. The highest BCUT2D eigenvalue weighted by molar-refractivity contribution is 5.95. The van der Waals surface area contributed by atoms with Crippen molar-refractivity contribution in [3.8, 4) is 11.5 Å². The molecule has 4 rings (SSSR count). The first-order valence-electron chi connectivity index (χ1n) is 9.39. The topological polar surface area (TPSA) is 54.0 Å². The number of anilines is 2. The molecule has 1 fully saturated rings. The van der Waals surface area contributed by atoms with Gasteiger partial charge >= 0.3 is 0 Å². The van der Waals surface area contributed by atoms with Crippen LogP contribution in [-0.4, -0.2) is 57.2 Å². The number of hydrogen-bond acceptors (Lipinski definition) is 5. The zero-order chi connectivity index (χ0) is 18.6. The number of para-hydroxylation sites is 2. The first kappa shape index (κ1) is 17.7. The van der Waals surface area contributed by atoms with Crippen LogP contribution in [0, 0.1) is 0 Å². The molecule has 6 heteroatoms. The van der Waals surface area contributed by atoms with Crippen molar-refractivity contribution < 1.29 is 14.3 Å². The monoisotopic (exact) mass is 367 g/mol. The van der Waals surface area contributed by atoms with Crippen molar-refractivity contribution in [1.29, 1.82) is 0 Å². The number of amides is 1. The molecule has 142 valence electrons. The number of rotatable bonds is 5. The van der Waals surface area contributed by atoms with Gasteiger partial charge in [-0.05, 0) is 36.2 Å². The molecule has 27 heavy (non-hydrogen) atoms. The van der Waals surface area contributed by atoms with Crippen molar-refractivity contribution in [2.75, 3.05) is 56.7 Å². The van der Waals surface area contributed by atoms with E-state index in [1.54, 1.807) is 7.11 Å². The van der Waals surface area contributed by atoms with Crippen LogP contribution in [0.3, 0.4) is 0 Å². The molecule has 1 amide bonds. The van der Waals surface area contributed by atoms with Gasteiger partial charge in [0, 0.05) is 32.7 Å². The van der Waals surface area contributed by atoms with Crippen molar-refractivity contribution in [2.24, 2.45) is 0 Å². The molecule has 0 aromatic heterocycles. The summed E-state index contributed by atoms with van der Waals surface area (Å²) in [6, 6.07) is 14.2. The van der Waals surface area contributed by atoms with Crippen LogP contribution in [0.15, 0.2) is 42.5 Å². The molecule has 0 aliphatic carbocycles. The zero-order valence-electron chi connectivity index (χ0n) is 15.6. The fourth-order valence-corrected chi connectivity index (χ4v) is 3.67. The number of nitrogens with zero attached hydrogens (tertiary/aromatic N) is 2. The average Bonchev–Trinajstić information content (AvgIpc) is 2.72. The summed E-state index contributed by atoms with van der Waals surface area (Å²) in [5.74, 6) is 1.61. The summed E-state index contributed by atoms with van der Waals surface area (Å²) in [5, 5.41) is 2.83. The Morgan fingerprint density at radius 2 is 1.93 bits per heavy atom. The Labute approximate surface area is 159 Å². The zero-order valence-corrected chi connectivity index (χ0v) is 15.6. The lowest BCUT2D eigenvalue weighted by atomic mass is 10.1. The summed E-state index contributed by atoms with van der Waals surface area (Å²) >= 11 is 0. The molecule has 0 atom stereocenters. The minimum Gasteiger partial charge on any atom is -0.495 e. The third-order valence-electron chi connectivity index (χ3n) is 5.19. The van der Waals surface area contributed by atoms with E-state index in [-0.39, 0.29) is 12.5 Å². The summed E-state index contributed by atoms with van der Waals surface area (Å²) in [5.41, 5.74) is 3.17. The molecule has 2 heterocycles. The van der Waals surface area contributed by atoms with E-state index in [9.17, 15) is 4.79 Å². The molecule has 2 aliphatic rings. The van der Waals surface area contributed by atoms with Gasteiger partial charge in [0.1, 0.15) is 11.5 Å². The van der Waals surface area contributed by atoms with Gasteiger partial charge in [-0.15, -0.1) is 0 Å². The SMILES string of the molecule is COc1ccccc1N1CCN(CCc2ccc3c(c2)OCC(=O)N3)CC1. The van der Waals surface area contributed by atoms with E-state index >= 15 is 0 Å². The van der Waals surface area contributed by atoms with Crippen molar-refractivity contribution in [1.82, 2.24) is 4.90 Å². The molecule has 2 aliphatic heterocycles. The van der Waals surface area contributed by atoms with Gasteiger partial charge in [-0.3, -0.25) is 9.69 Å². The number of ether oxygens (including phenoxy) is 2. The lowest BCUT2D eigenvalue weighted by Crippen LogP contribution is -2.47. The number of benzene rings is 2. The van der Waals surface area contributed by atoms with Crippen LogP contribution >= 0.6 is 0 Å². The van der Waals surface area contributed by atoms with Gasteiger partial charge in [-0.25, -0.2) is 0 Å². The Balaban J connectivity index is 1.30. The largest absolute Gasteiger partial charge is 0.495 e. The normalized spacial score (nSPS) is 17.1. The second kappa shape index (κ2) is 7.88. The number of fused-ring (bicyclic) bond motifs is 1. The van der Waals surface area contributed by atoms with Gasteiger partial charge in [-0.2, -0.15) is 0 Å². The Bertz CT molecular complexity index is 816. The molecule has 0 unspecified atom stereocenters. The van der Waals surface area contributed by atoms with Crippen LogP contribution in [-0.2, 0) is 11.2 Å². The van der Waals surface area contributed by atoms with E-state index in [2.05, 4.69) is 33.3 Å². The maximum Gasteiger partial charge on any atom is 0.262 e. The number of piperazine rings is 1. The molecule has 2 aromatic rings. The molecule has 2 aromatic carbocycles. The number of nitrogens with one attached hydrogen (secondary N) is 1. The molecule has 6 nitrogen and oxygen atoms in total. The van der Waals surface area contributed by atoms with Crippen molar-refractivity contribution >= 4 is 17.3 Å². The second-order valence-electron chi connectivity index (χ2n) is 6.92. The Morgan fingerprint density at radius 1 is 1.11 bits per heavy atom. The molecule has 1 saturated heterocycles. The standard InChI is InChI=1S/C21H25N3O3/c1-26-19-5-3-2-4-18(19)24-12-10-23(11-13-24)9-8-16-6-7-17-20(14-16)27-15-21(25)22-17/h2-7,14H,8-13,15H2,1H3,(H,22,25). The minimum absolute atomic E-state index is 0.0943. The molecule has 0 saturated carbocycles. The summed E-state index contributed by atoms with van der Waals surface area (Å²) in [4.78, 5) is 16.2. The van der Waals surface area contributed by atoms with Crippen LogP contribution in [0.5, 0.6) is 11.5 Å². The third kappa shape index (κ3) is 4.01. The van der Waals surface area contributed by atoms with Crippen molar-refractivity contribution in [3.05, 3.63) is 48.0 Å². The molecule has 0 spiro atoms. The molecule has 0 bridgehead atoms. The first-order chi connectivity index (χ1) is 13.2. The van der Waals surface area contributed by atoms with E-state index < -0.39 is 0 Å². The third-order valence-corrected chi connectivity index (χ3v) is 5.19. The van der Waals surface area contributed by atoms with Crippen LogP contribution in [0.25, 0.3) is 0 Å². The van der Waals surface area contributed by atoms with E-state index in [1.165, 1.54) is 11.3 Å². The van der Waals surface area contributed by atoms with Gasteiger partial charge in [0.15, 0.2) is 6.61 Å². The van der Waals surface area contributed by atoms with Gasteiger partial charge in [0.2, 0.25) is 0 Å². The summed E-state index contributed by atoms with van der Waals surface area (Å²) < 4.78 is 11.0. The molecular weight excluding hydrogens is 342 g/mol. The maximum absolute atomic E-state index is 11.4. The predicted molar refractivity (Wildman–Crippen MR) is 106 cm³/mol. The van der Waals surface area contributed by atoms with Gasteiger partial charge in [0.05, 0.1) is 18.5 Å². The predicted octanol–water partition coefficient (Wildman–Crippen LogP) is 2.39. The van der Waals surface area contributed by atoms with Gasteiger partial charge < -0.3 is 19.7 Å². The fraction of sp³-hybridized carbons (Fsp3) is 0.381. The van der Waals surface area contributed by atoms with Crippen molar-refractivity contribution in [3.63, 3.8) is 0 Å². The van der Waals surface area contributed by atoms with Gasteiger partial charge in [0.25, 0.3) is 5.91 Å². The highest BCUT2D eigenvalue weighted by atomic mass is 16.5. The van der Waals surface area contributed by atoms with Crippen LogP contribution in [0.1, 0.15) is 5.56 Å². The summed E-state index contributed by atoms with van der Waals surface area (Å²) in [6.45, 7) is 5.19. The highest BCUT2D eigenvalue weighted by Crippen LogP contribution is 2.30. The van der Waals surface area contributed by atoms with E-state index in [0.717, 1.165) is 56.3 Å². The Morgan fingerprint density at radius 3 is 2.74 bits per heavy atom. The maximum atomic E-state index is 11.4. The van der Waals surface area contributed by atoms with Crippen LogP contribution in [0.2, 0.25) is 0 Å². The number of carbonyl (C=O) groups excluding carboxylic acids is 1. The smallest absolute Gasteiger partial charge is 0.262 e. The fourth-order valence-electron chi connectivity index (χ4n) is 3.67. The Hall–Kier alpha value is -2.73. The van der Waals surface area contributed by atoms with Crippen molar-refractivity contribution in [2.45, 2.75) is 6.42 Å². The van der Waals surface area contributed by atoms with E-state index in [4.69, 9.17) is 9.47 Å². The number of methoxy groups -OCH3 is 1. The van der Waals surface area contributed by atoms with Crippen LogP contribution in [0.4, 0.5) is 11.4 Å². The lowest BCUT2D eigenvalue weighted by molar-refractivity contribution is -0.118. The van der Waals surface area contributed by atoms with E-state index in [1.807, 2.05) is 24.3 Å². The average molecular weight is 367 g/mol. The molecule has 0 radical (unpaired) electrons.